The lowest BCUT2D eigenvalue weighted by Gasteiger charge is -2.14. The second kappa shape index (κ2) is 7.47. The third-order valence-corrected chi connectivity index (χ3v) is 2.83. The molecule has 1 N–H and O–H groups in total. The first kappa shape index (κ1) is 16.8. The first-order valence-corrected chi connectivity index (χ1v) is 6.57. The molecule has 0 radical (unpaired) electrons. The molecule has 20 heavy (non-hydrogen) atoms. The topological polar surface area (TPSA) is 21.3 Å². The quantitative estimate of drug-likeness (QED) is 0.606. The molecule has 114 valence electrons. The Labute approximate surface area is 116 Å². The van der Waals surface area contributed by atoms with Gasteiger partial charge in [0, 0.05) is 12.6 Å². The summed E-state index contributed by atoms with van der Waals surface area (Å²) < 4.78 is 55.8. The molecule has 0 aromatic heterocycles. The fourth-order valence-electron chi connectivity index (χ4n) is 1.82. The molecule has 1 atom stereocenters. The number of benzene rings is 1. The molecule has 0 aliphatic rings. The molecule has 0 spiro atoms. The van der Waals surface area contributed by atoms with Gasteiger partial charge in [0.25, 0.3) is 0 Å². The van der Waals surface area contributed by atoms with Crippen LogP contribution in [0.2, 0.25) is 0 Å². The van der Waals surface area contributed by atoms with Crippen LogP contribution in [0.25, 0.3) is 0 Å². The van der Waals surface area contributed by atoms with E-state index < -0.39 is 17.6 Å². The fraction of sp³-hybridized carbons (Fsp3) is 0.571. The van der Waals surface area contributed by atoms with Crippen molar-refractivity contribution in [1.29, 1.82) is 0 Å². The molecule has 1 aromatic rings. The molecule has 1 aromatic carbocycles. The highest BCUT2D eigenvalue weighted by Crippen LogP contribution is 2.33. The predicted octanol–water partition coefficient (Wildman–Crippen LogP) is 4.00. The van der Waals surface area contributed by atoms with Crippen LogP contribution in [0, 0.1) is 5.82 Å². The van der Waals surface area contributed by atoms with Gasteiger partial charge in [0.15, 0.2) is 0 Å². The lowest BCUT2D eigenvalue weighted by molar-refractivity contribution is -0.140. The maximum atomic E-state index is 13.1. The highest BCUT2D eigenvalue weighted by atomic mass is 19.4. The Kier molecular flexibility index (Phi) is 6.26. The van der Waals surface area contributed by atoms with Crippen molar-refractivity contribution in [2.45, 2.75) is 38.9 Å². The Hall–Kier alpha value is -1.30. The van der Waals surface area contributed by atoms with Crippen molar-refractivity contribution in [2.24, 2.45) is 0 Å². The van der Waals surface area contributed by atoms with Crippen LogP contribution in [0.4, 0.5) is 17.6 Å². The monoisotopic (exact) mass is 293 g/mol. The van der Waals surface area contributed by atoms with Gasteiger partial charge in [0.2, 0.25) is 0 Å². The van der Waals surface area contributed by atoms with Crippen molar-refractivity contribution in [1.82, 2.24) is 5.32 Å². The van der Waals surface area contributed by atoms with Gasteiger partial charge in [-0.3, -0.25) is 0 Å². The molecule has 0 bridgehead atoms. The number of hydrogen-bond acceptors (Lipinski definition) is 2. The molecule has 0 saturated heterocycles. The molecule has 0 aliphatic heterocycles. The van der Waals surface area contributed by atoms with Crippen LogP contribution in [0.1, 0.15) is 32.3 Å². The van der Waals surface area contributed by atoms with Gasteiger partial charge in [-0.1, -0.05) is 13.3 Å². The summed E-state index contributed by atoms with van der Waals surface area (Å²) >= 11 is 0. The molecule has 1 rings (SSSR count). The van der Waals surface area contributed by atoms with E-state index in [1.807, 2.05) is 6.92 Å². The third kappa shape index (κ3) is 5.36. The van der Waals surface area contributed by atoms with E-state index >= 15 is 0 Å². The van der Waals surface area contributed by atoms with E-state index in [1.165, 1.54) is 6.07 Å². The predicted molar refractivity (Wildman–Crippen MR) is 69.3 cm³/mol. The minimum atomic E-state index is -4.71. The first-order chi connectivity index (χ1) is 9.34. The number of halogens is 4. The van der Waals surface area contributed by atoms with E-state index in [1.54, 1.807) is 0 Å². The maximum Gasteiger partial charge on any atom is 0.419 e. The van der Waals surface area contributed by atoms with E-state index in [2.05, 4.69) is 12.2 Å². The van der Waals surface area contributed by atoms with Crippen molar-refractivity contribution in [2.75, 3.05) is 13.2 Å². The summed E-state index contributed by atoms with van der Waals surface area (Å²) in [5.41, 5.74) is -1.30. The van der Waals surface area contributed by atoms with Crippen LogP contribution in [-0.4, -0.2) is 19.2 Å². The highest BCUT2D eigenvalue weighted by Gasteiger charge is 2.34. The molecule has 0 aliphatic carbocycles. The zero-order valence-electron chi connectivity index (χ0n) is 11.6. The summed E-state index contributed by atoms with van der Waals surface area (Å²) in [5, 5.41) is 3.19. The van der Waals surface area contributed by atoms with Crippen LogP contribution in [0.5, 0.6) is 5.75 Å². The first-order valence-electron chi connectivity index (χ1n) is 6.57. The standard InChI is InChI=1S/C14H19F4NO/c1-3-4-10(2)19-7-8-20-11-5-6-13(15)12(9-11)14(16,17)18/h5-6,9-10,19H,3-4,7-8H2,1-2H3. The molecular weight excluding hydrogens is 274 g/mol. The van der Waals surface area contributed by atoms with Gasteiger partial charge in [-0.05, 0) is 31.5 Å². The molecule has 1 unspecified atom stereocenters. The second-order valence-electron chi connectivity index (χ2n) is 4.63. The van der Waals surface area contributed by atoms with E-state index in [9.17, 15) is 17.6 Å². The molecule has 2 nitrogen and oxygen atoms in total. The van der Waals surface area contributed by atoms with Gasteiger partial charge in [0.05, 0.1) is 5.56 Å². The lowest BCUT2D eigenvalue weighted by Crippen LogP contribution is -2.30. The molecule has 0 saturated carbocycles. The Bertz CT molecular complexity index is 420. The summed E-state index contributed by atoms with van der Waals surface area (Å²) in [5.74, 6) is -1.27. The van der Waals surface area contributed by atoms with Crippen molar-refractivity contribution >= 4 is 0 Å². The summed E-state index contributed by atoms with van der Waals surface area (Å²) in [6.45, 7) is 4.87. The average Bonchev–Trinajstić information content (AvgIpc) is 2.35. The zero-order valence-corrected chi connectivity index (χ0v) is 11.6. The number of alkyl halides is 3. The van der Waals surface area contributed by atoms with Gasteiger partial charge in [-0.2, -0.15) is 13.2 Å². The molecule has 6 heteroatoms. The van der Waals surface area contributed by atoms with Crippen molar-refractivity contribution in [3.8, 4) is 5.75 Å². The van der Waals surface area contributed by atoms with E-state index in [0.29, 0.717) is 18.7 Å². The maximum absolute atomic E-state index is 13.1. The number of rotatable bonds is 7. The van der Waals surface area contributed by atoms with Crippen LogP contribution in [0.15, 0.2) is 18.2 Å². The smallest absolute Gasteiger partial charge is 0.419 e. The normalized spacial score (nSPS) is 13.3. The average molecular weight is 293 g/mol. The molecular formula is C14H19F4NO. The minimum absolute atomic E-state index is 0.0173. The third-order valence-electron chi connectivity index (χ3n) is 2.83. The van der Waals surface area contributed by atoms with E-state index in [0.717, 1.165) is 18.9 Å². The van der Waals surface area contributed by atoms with Crippen molar-refractivity contribution in [3.63, 3.8) is 0 Å². The van der Waals surface area contributed by atoms with Crippen LogP contribution < -0.4 is 10.1 Å². The van der Waals surface area contributed by atoms with Gasteiger partial charge < -0.3 is 10.1 Å². The van der Waals surface area contributed by atoms with E-state index in [4.69, 9.17) is 4.74 Å². The Morgan fingerprint density at radius 2 is 2.00 bits per heavy atom. The number of ether oxygens (including phenoxy) is 1. The van der Waals surface area contributed by atoms with Crippen LogP contribution >= 0.6 is 0 Å². The molecule has 0 fully saturated rings. The van der Waals surface area contributed by atoms with Gasteiger partial charge in [-0.15, -0.1) is 0 Å². The summed E-state index contributed by atoms with van der Waals surface area (Å²) in [6.07, 6.45) is -2.63. The van der Waals surface area contributed by atoms with Crippen molar-refractivity contribution < 1.29 is 22.3 Å². The van der Waals surface area contributed by atoms with E-state index in [-0.39, 0.29) is 12.4 Å². The second-order valence-corrected chi connectivity index (χ2v) is 4.63. The fourth-order valence-corrected chi connectivity index (χ4v) is 1.82. The van der Waals surface area contributed by atoms with Crippen LogP contribution in [-0.2, 0) is 6.18 Å². The highest BCUT2D eigenvalue weighted by molar-refractivity contribution is 5.31. The van der Waals surface area contributed by atoms with Crippen LogP contribution in [0.3, 0.4) is 0 Å². The largest absolute Gasteiger partial charge is 0.492 e. The summed E-state index contributed by atoms with van der Waals surface area (Å²) in [7, 11) is 0. The minimum Gasteiger partial charge on any atom is -0.492 e. The zero-order chi connectivity index (χ0) is 15.2. The Balaban J connectivity index is 2.49. The Morgan fingerprint density at radius 3 is 2.60 bits per heavy atom. The molecule has 0 heterocycles. The Morgan fingerprint density at radius 1 is 1.30 bits per heavy atom. The van der Waals surface area contributed by atoms with Crippen molar-refractivity contribution in [3.05, 3.63) is 29.6 Å². The number of hydrogen-bond donors (Lipinski definition) is 1. The number of nitrogens with one attached hydrogen (secondary N) is 1. The van der Waals surface area contributed by atoms with Gasteiger partial charge >= 0.3 is 6.18 Å². The summed E-state index contributed by atoms with van der Waals surface area (Å²) in [4.78, 5) is 0. The summed E-state index contributed by atoms with van der Waals surface area (Å²) in [6, 6.07) is 2.98. The van der Waals surface area contributed by atoms with Gasteiger partial charge in [-0.25, -0.2) is 4.39 Å². The molecule has 0 amide bonds. The SMILES string of the molecule is CCCC(C)NCCOc1ccc(F)c(C(F)(F)F)c1. The van der Waals surface area contributed by atoms with Gasteiger partial charge in [0.1, 0.15) is 18.2 Å². The lowest BCUT2D eigenvalue weighted by atomic mass is 10.2.